The number of aromatic nitrogens is 1. The van der Waals surface area contributed by atoms with Crippen molar-refractivity contribution in [2.75, 3.05) is 46.6 Å². The summed E-state index contributed by atoms with van der Waals surface area (Å²) in [5.41, 5.74) is 6.77. The van der Waals surface area contributed by atoms with Gasteiger partial charge in [-0.1, -0.05) is 13.8 Å². The van der Waals surface area contributed by atoms with Gasteiger partial charge in [-0.15, -0.1) is 0 Å². The van der Waals surface area contributed by atoms with E-state index in [9.17, 15) is 12.8 Å². The number of nitrogens with one attached hydrogen (secondary N) is 1. The van der Waals surface area contributed by atoms with E-state index >= 15 is 4.39 Å². The lowest BCUT2D eigenvalue weighted by molar-refractivity contribution is 0.248. The molecule has 9 nitrogen and oxygen atoms in total. The van der Waals surface area contributed by atoms with Gasteiger partial charge >= 0.3 is 0 Å². The zero-order valence-electron chi connectivity index (χ0n) is 20.5. The number of hydrazine groups is 1. The Bertz CT molecular complexity index is 1230. The van der Waals surface area contributed by atoms with Crippen LogP contribution in [0.1, 0.15) is 32.3 Å². The van der Waals surface area contributed by atoms with Crippen LogP contribution in [0.2, 0.25) is 0 Å². The number of sulfonamides is 1. The smallest absolute Gasteiger partial charge is 0.233 e. The van der Waals surface area contributed by atoms with E-state index in [1.807, 2.05) is 6.07 Å². The fraction of sp³-hybridized carbons (Fsp3) is 0.458. The minimum absolute atomic E-state index is 0.146. The number of hydrogen-bond acceptors (Lipinski definition) is 8. The van der Waals surface area contributed by atoms with E-state index in [1.54, 1.807) is 26.2 Å². The van der Waals surface area contributed by atoms with Crippen molar-refractivity contribution in [2.45, 2.75) is 32.7 Å². The average molecular weight is 522 g/mol. The summed E-state index contributed by atoms with van der Waals surface area (Å²) in [5.74, 6) is 3.47. The van der Waals surface area contributed by atoms with E-state index in [0.717, 1.165) is 50.0 Å². The third-order valence-corrected chi connectivity index (χ3v) is 7.86. The summed E-state index contributed by atoms with van der Waals surface area (Å²) in [6.45, 7) is 7.19. The van der Waals surface area contributed by atoms with Gasteiger partial charge in [0.25, 0.3) is 0 Å². The molecule has 2 aromatic rings. The van der Waals surface area contributed by atoms with Crippen molar-refractivity contribution >= 4 is 32.8 Å². The first-order valence-corrected chi connectivity index (χ1v) is 13.6. The Kier molecular flexibility index (Phi) is 7.67. The standard InChI is InChI=1S/C24H33F2N7O2S/c1-16(2)15-36(34,35)30-22-6-5-20(25)24(23(22)26)33(28)14-21(27)17-11-19(13-29-12-17)32-9-7-31(8-10-32)18-3-4-18/h5-6,11-14,16,18,30H,3-4,7-10,15,27-28H2,1-2H3/b21-14-. The number of pyridine rings is 1. The molecule has 1 aromatic heterocycles. The summed E-state index contributed by atoms with van der Waals surface area (Å²) in [6.07, 6.45) is 7.05. The summed E-state index contributed by atoms with van der Waals surface area (Å²) in [6, 6.07) is 4.56. The Morgan fingerprint density at radius 1 is 1.22 bits per heavy atom. The Morgan fingerprint density at radius 3 is 2.56 bits per heavy atom. The third-order valence-electron chi connectivity index (χ3n) is 6.22. The van der Waals surface area contributed by atoms with Crippen LogP contribution >= 0.6 is 0 Å². The molecule has 0 bridgehead atoms. The van der Waals surface area contributed by atoms with Crippen LogP contribution in [0.15, 0.2) is 36.8 Å². The fourth-order valence-corrected chi connectivity index (χ4v) is 5.79. The van der Waals surface area contributed by atoms with Crippen molar-refractivity contribution < 1.29 is 17.2 Å². The molecule has 1 aliphatic heterocycles. The van der Waals surface area contributed by atoms with Gasteiger partial charge in [0.05, 0.1) is 29.0 Å². The molecule has 1 aliphatic carbocycles. The van der Waals surface area contributed by atoms with Crippen LogP contribution in [0.4, 0.5) is 25.8 Å². The first kappa shape index (κ1) is 26.1. The molecular weight excluding hydrogens is 488 g/mol. The minimum atomic E-state index is -3.83. The third kappa shape index (κ3) is 6.23. The van der Waals surface area contributed by atoms with Crippen molar-refractivity contribution in [3.63, 3.8) is 0 Å². The topological polar surface area (TPSA) is 121 Å². The Morgan fingerprint density at radius 2 is 1.92 bits per heavy atom. The van der Waals surface area contributed by atoms with Crippen LogP contribution in [0, 0.1) is 17.6 Å². The van der Waals surface area contributed by atoms with Gasteiger partial charge in [0, 0.05) is 50.2 Å². The Labute approximate surface area is 210 Å². The zero-order valence-corrected chi connectivity index (χ0v) is 21.3. The fourth-order valence-electron chi connectivity index (χ4n) is 4.34. The lowest BCUT2D eigenvalue weighted by Crippen LogP contribution is -2.47. The van der Waals surface area contributed by atoms with Gasteiger partial charge in [0.1, 0.15) is 5.69 Å². The van der Waals surface area contributed by atoms with E-state index in [1.165, 1.54) is 19.0 Å². The van der Waals surface area contributed by atoms with Crippen molar-refractivity contribution in [3.8, 4) is 0 Å². The summed E-state index contributed by atoms with van der Waals surface area (Å²) in [5, 5.41) is 0.710. The highest BCUT2D eigenvalue weighted by Crippen LogP contribution is 2.31. The molecule has 1 saturated heterocycles. The number of rotatable bonds is 9. The van der Waals surface area contributed by atoms with Crippen molar-refractivity contribution in [3.05, 3.63) is 54.0 Å². The maximum absolute atomic E-state index is 15.1. The van der Waals surface area contributed by atoms with Crippen LogP contribution in [0.5, 0.6) is 0 Å². The summed E-state index contributed by atoms with van der Waals surface area (Å²) in [7, 11) is -3.83. The largest absolute Gasteiger partial charge is 0.397 e. The van der Waals surface area contributed by atoms with Gasteiger partial charge in [-0.2, -0.15) is 0 Å². The average Bonchev–Trinajstić information content (AvgIpc) is 3.66. The quantitative estimate of drug-likeness (QED) is 0.340. The molecular formula is C24H33F2N7O2S. The molecule has 5 N–H and O–H groups in total. The van der Waals surface area contributed by atoms with Crippen LogP contribution < -0.4 is 26.2 Å². The SMILES string of the molecule is CC(C)CS(=O)(=O)Nc1ccc(F)c(N(N)/C=C(\N)c2cncc(N3CCN(C4CC4)CC3)c2)c1F. The van der Waals surface area contributed by atoms with Crippen LogP contribution in [0.3, 0.4) is 0 Å². The molecule has 0 unspecified atom stereocenters. The molecule has 2 heterocycles. The zero-order chi connectivity index (χ0) is 26.0. The summed E-state index contributed by atoms with van der Waals surface area (Å²) < 4.78 is 56.3. The second-order valence-corrected chi connectivity index (χ2v) is 11.5. The van der Waals surface area contributed by atoms with E-state index < -0.39 is 33.0 Å². The van der Waals surface area contributed by atoms with E-state index in [4.69, 9.17) is 11.6 Å². The number of benzene rings is 1. The van der Waals surface area contributed by atoms with Gasteiger partial charge in [-0.25, -0.2) is 23.0 Å². The van der Waals surface area contributed by atoms with E-state index in [-0.39, 0.29) is 17.4 Å². The van der Waals surface area contributed by atoms with Gasteiger partial charge < -0.3 is 10.6 Å². The lowest BCUT2D eigenvalue weighted by atomic mass is 10.2. The van der Waals surface area contributed by atoms with Gasteiger partial charge in [-0.3, -0.25) is 19.6 Å². The van der Waals surface area contributed by atoms with Crippen LogP contribution in [-0.2, 0) is 10.0 Å². The number of hydrogen-bond donors (Lipinski definition) is 3. The second-order valence-electron chi connectivity index (χ2n) is 9.71. The van der Waals surface area contributed by atoms with Gasteiger partial charge in [-0.05, 0) is 37.0 Å². The predicted octanol–water partition coefficient (Wildman–Crippen LogP) is 2.68. The molecule has 0 spiro atoms. The summed E-state index contributed by atoms with van der Waals surface area (Å²) in [4.78, 5) is 9.02. The molecule has 0 radical (unpaired) electrons. The molecule has 2 aliphatic rings. The van der Waals surface area contributed by atoms with Crippen molar-refractivity contribution in [1.82, 2.24) is 9.88 Å². The molecule has 0 atom stereocenters. The first-order chi connectivity index (χ1) is 17.0. The Hall–Kier alpha value is -2.96. The summed E-state index contributed by atoms with van der Waals surface area (Å²) >= 11 is 0. The number of halogens is 2. The molecule has 0 amide bonds. The Balaban J connectivity index is 1.51. The highest BCUT2D eigenvalue weighted by atomic mass is 32.2. The number of nitrogens with zero attached hydrogens (tertiary/aromatic N) is 4. The van der Waals surface area contributed by atoms with Crippen molar-refractivity contribution in [2.24, 2.45) is 17.5 Å². The number of nitrogens with two attached hydrogens (primary N) is 2. The second kappa shape index (κ2) is 10.6. The van der Waals surface area contributed by atoms with Gasteiger partial charge in [0.15, 0.2) is 11.6 Å². The van der Waals surface area contributed by atoms with E-state index in [2.05, 4.69) is 19.5 Å². The molecule has 196 valence electrons. The molecule has 36 heavy (non-hydrogen) atoms. The number of anilines is 3. The highest BCUT2D eigenvalue weighted by molar-refractivity contribution is 7.92. The number of piperazine rings is 1. The monoisotopic (exact) mass is 521 g/mol. The maximum Gasteiger partial charge on any atom is 0.233 e. The molecule has 1 saturated carbocycles. The van der Waals surface area contributed by atoms with E-state index in [0.29, 0.717) is 10.6 Å². The maximum atomic E-state index is 15.1. The first-order valence-electron chi connectivity index (χ1n) is 12.0. The predicted molar refractivity (Wildman–Crippen MR) is 138 cm³/mol. The molecule has 4 rings (SSSR count). The highest BCUT2D eigenvalue weighted by Gasteiger charge is 2.31. The minimum Gasteiger partial charge on any atom is -0.397 e. The van der Waals surface area contributed by atoms with Gasteiger partial charge in [0.2, 0.25) is 10.0 Å². The van der Waals surface area contributed by atoms with Crippen molar-refractivity contribution in [1.29, 1.82) is 0 Å². The lowest BCUT2D eigenvalue weighted by Gasteiger charge is -2.36. The molecule has 2 fully saturated rings. The molecule has 1 aromatic carbocycles. The molecule has 12 heteroatoms. The van der Waals surface area contributed by atoms with Crippen LogP contribution in [0.25, 0.3) is 5.70 Å². The normalized spacial score (nSPS) is 17.5. The van der Waals surface area contributed by atoms with Crippen LogP contribution in [-0.4, -0.2) is 56.3 Å².